The Bertz CT molecular complexity index is 394. The smallest absolute Gasteiger partial charge is 0.0900 e. The van der Waals surface area contributed by atoms with Gasteiger partial charge in [0.05, 0.1) is 12.7 Å². The van der Waals surface area contributed by atoms with Crippen molar-refractivity contribution in [2.24, 2.45) is 0 Å². The maximum atomic E-state index is 9.90. The molecule has 1 aromatic carbocycles. The number of aryl methyl sites for hydroxylation is 1. The van der Waals surface area contributed by atoms with Crippen LogP contribution < -0.4 is 0 Å². The summed E-state index contributed by atoms with van der Waals surface area (Å²) in [4.78, 5) is 2.27. The topological polar surface area (TPSA) is 32.7 Å². The molecule has 1 aliphatic rings. The molecule has 1 aliphatic carbocycles. The molecule has 0 saturated carbocycles. The Kier molecular flexibility index (Phi) is 5.37. The lowest BCUT2D eigenvalue weighted by molar-refractivity contribution is 0.0330. The first-order valence-electron chi connectivity index (χ1n) is 7.17. The lowest BCUT2D eigenvalue weighted by Gasteiger charge is -2.30. The van der Waals surface area contributed by atoms with Crippen molar-refractivity contribution < 1.29 is 9.84 Å². The molecule has 0 amide bonds. The molecule has 0 spiro atoms. The van der Waals surface area contributed by atoms with Gasteiger partial charge in [-0.25, -0.2) is 0 Å². The van der Waals surface area contributed by atoms with E-state index in [-0.39, 0.29) is 0 Å². The third-order valence-corrected chi connectivity index (χ3v) is 3.98. The number of hydrogen-bond acceptors (Lipinski definition) is 3. The van der Waals surface area contributed by atoms with E-state index in [0.29, 0.717) is 19.2 Å². The van der Waals surface area contributed by atoms with Crippen molar-refractivity contribution in [1.82, 2.24) is 4.90 Å². The van der Waals surface area contributed by atoms with E-state index in [1.165, 1.54) is 36.8 Å². The zero-order valence-corrected chi connectivity index (χ0v) is 12.0. The number of rotatable bonds is 5. The highest BCUT2D eigenvalue weighted by Gasteiger charge is 2.23. The monoisotopic (exact) mass is 263 g/mol. The van der Waals surface area contributed by atoms with Crippen molar-refractivity contribution in [3.63, 3.8) is 0 Å². The number of aliphatic hydroxyl groups is 1. The van der Waals surface area contributed by atoms with Gasteiger partial charge in [0.1, 0.15) is 0 Å². The van der Waals surface area contributed by atoms with Crippen LogP contribution in [0.3, 0.4) is 0 Å². The van der Waals surface area contributed by atoms with E-state index in [4.69, 9.17) is 4.74 Å². The number of hydrogen-bond donors (Lipinski definition) is 1. The van der Waals surface area contributed by atoms with E-state index in [1.807, 2.05) is 0 Å². The number of ether oxygens (including phenoxy) is 1. The van der Waals surface area contributed by atoms with Crippen molar-refractivity contribution in [2.45, 2.75) is 37.8 Å². The molecule has 0 unspecified atom stereocenters. The minimum Gasteiger partial charge on any atom is -0.389 e. The van der Waals surface area contributed by atoms with E-state index in [0.717, 1.165) is 0 Å². The molecule has 106 valence electrons. The standard InChI is InChI=1S/C16H25NO2/c1-17(11-14(18)12-19-2)16-10-6-4-8-13-7-3-5-9-15(13)16/h3,5,7,9,14,16,18H,4,6,8,10-12H2,1-2H3/t14-,16+/m0/s1. The largest absolute Gasteiger partial charge is 0.389 e. The summed E-state index contributed by atoms with van der Waals surface area (Å²) >= 11 is 0. The lowest BCUT2D eigenvalue weighted by atomic mass is 9.98. The Morgan fingerprint density at radius 3 is 2.95 bits per heavy atom. The van der Waals surface area contributed by atoms with Gasteiger partial charge in [0.25, 0.3) is 0 Å². The predicted octanol–water partition coefficient (Wildman–Crippen LogP) is 2.39. The Morgan fingerprint density at radius 1 is 1.37 bits per heavy atom. The second-order valence-corrected chi connectivity index (χ2v) is 5.51. The Hall–Kier alpha value is -0.900. The average molecular weight is 263 g/mol. The van der Waals surface area contributed by atoms with E-state index in [1.54, 1.807) is 7.11 Å². The van der Waals surface area contributed by atoms with Crippen LogP contribution in [0.2, 0.25) is 0 Å². The van der Waals surface area contributed by atoms with Crippen LogP contribution in [-0.2, 0) is 11.2 Å². The molecular weight excluding hydrogens is 238 g/mol. The first-order valence-corrected chi connectivity index (χ1v) is 7.17. The summed E-state index contributed by atoms with van der Waals surface area (Å²) in [6.45, 7) is 1.06. The molecule has 3 nitrogen and oxygen atoms in total. The van der Waals surface area contributed by atoms with Crippen LogP contribution in [-0.4, -0.2) is 43.4 Å². The Balaban J connectivity index is 2.10. The molecule has 0 bridgehead atoms. The van der Waals surface area contributed by atoms with Crippen molar-refractivity contribution in [3.05, 3.63) is 35.4 Å². The Labute approximate surface area is 116 Å². The van der Waals surface area contributed by atoms with Gasteiger partial charge in [-0.05, 0) is 37.4 Å². The number of aliphatic hydroxyl groups excluding tert-OH is 1. The second kappa shape index (κ2) is 7.04. The van der Waals surface area contributed by atoms with Gasteiger partial charge in [0.15, 0.2) is 0 Å². The summed E-state index contributed by atoms with van der Waals surface area (Å²) in [5, 5.41) is 9.90. The van der Waals surface area contributed by atoms with Crippen LogP contribution in [0.25, 0.3) is 0 Å². The summed E-state index contributed by atoms with van der Waals surface area (Å²) in [5.74, 6) is 0. The molecule has 3 heteroatoms. The number of likely N-dealkylation sites (N-methyl/N-ethyl adjacent to an activating group) is 1. The van der Waals surface area contributed by atoms with Crippen LogP contribution in [0, 0.1) is 0 Å². The SMILES string of the molecule is COC[C@@H](O)CN(C)[C@@H]1CCCCc2ccccc21. The molecular formula is C16H25NO2. The highest BCUT2D eigenvalue weighted by molar-refractivity contribution is 5.31. The van der Waals surface area contributed by atoms with E-state index < -0.39 is 6.10 Å². The molecule has 1 aromatic rings. The molecule has 0 radical (unpaired) electrons. The number of fused-ring (bicyclic) bond motifs is 1. The van der Waals surface area contributed by atoms with Crippen LogP contribution in [0.4, 0.5) is 0 Å². The summed E-state index contributed by atoms with van der Waals surface area (Å²) in [7, 11) is 3.73. The summed E-state index contributed by atoms with van der Waals surface area (Å²) in [6.07, 6.45) is 4.46. The minimum atomic E-state index is -0.412. The number of nitrogens with zero attached hydrogens (tertiary/aromatic N) is 1. The van der Waals surface area contributed by atoms with Gasteiger partial charge in [0, 0.05) is 19.7 Å². The van der Waals surface area contributed by atoms with Gasteiger partial charge in [-0.2, -0.15) is 0 Å². The van der Waals surface area contributed by atoms with Crippen LogP contribution in [0.1, 0.15) is 36.4 Å². The fourth-order valence-electron chi connectivity index (χ4n) is 3.06. The van der Waals surface area contributed by atoms with Gasteiger partial charge < -0.3 is 9.84 Å². The van der Waals surface area contributed by atoms with Crippen molar-refractivity contribution >= 4 is 0 Å². The van der Waals surface area contributed by atoms with Crippen molar-refractivity contribution in [1.29, 1.82) is 0 Å². The lowest BCUT2D eigenvalue weighted by Crippen LogP contribution is -2.34. The highest BCUT2D eigenvalue weighted by atomic mass is 16.5. The molecule has 0 fully saturated rings. The molecule has 0 heterocycles. The summed E-state index contributed by atoms with van der Waals surface area (Å²) in [5.41, 5.74) is 2.91. The number of benzene rings is 1. The summed E-state index contributed by atoms with van der Waals surface area (Å²) in [6, 6.07) is 9.15. The van der Waals surface area contributed by atoms with Crippen LogP contribution in [0.5, 0.6) is 0 Å². The first kappa shape index (κ1) is 14.5. The molecule has 2 rings (SSSR count). The second-order valence-electron chi connectivity index (χ2n) is 5.51. The van der Waals surface area contributed by atoms with Crippen LogP contribution >= 0.6 is 0 Å². The molecule has 2 atom stereocenters. The van der Waals surface area contributed by atoms with Crippen LogP contribution in [0.15, 0.2) is 24.3 Å². The third-order valence-electron chi connectivity index (χ3n) is 3.98. The van der Waals surface area contributed by atoms with Gasteiger partial charge >= 0.3 is 0 Å². The average Bonchev–Trinajstić information content (AvgIpc) is 2.61. The number of methoxy groups -OCH3 is 1. The fraction of sp³-hybridized carbons (Fsp3) is 0.625. The highest BCUT2D eigenvalue weighted by Crippen LogP contribution is 2.32. The Morgan fingerprint density at radius 2 is 2.16 bits per heavy atom. The maximum Gasteiger partial charge on any atom is 0.0900 e. The molecule has 1 N–H and O–H groups in total. The molecule has 0 aliphatic heterocycles. The third kappa shape index (κ3) is 3.78. The molecule has 0 aromatic heterocycles. The molecule has 0 saturated heterocycles. The maximum absolute atomic E-state index is 9.90. The van der Waals surface area contributed by atoms with E-state index in [2.05, 4.69) is 36.2 Å². The normalized spacial score (nSPS) is 20.9. The molecule has 19 heavy (non-hydrogen) atoms. The quantitative estimate of drug-likeness (QED) is 0.828. The minimum absolute atomic E-state index is 0.401. The zero-order chi connectivity index (χ0) is 13.7. The van der Waals surface area contributed by atoms with Gasteiger partial charge in [-0.1, -0.05) is 30.7 Å². The first-order chi connectivity index (χ1) is 9.22. The zero-order valence-electron chi connectivity index (χ0n) is 12.0. The van der Waals surface area contributed by atoms with Crippen molar-refractivity contribution in [3.8, 4) is 0 Å². The fourth-order valence-corrected chi connectivity index (χ4v) is 3.06. The van der Waals surface area contributed by atoms with E-state index >= 15 is 0 Å². The van der Waals surface area contributed by atoms with Gasteiger partial charge in [0.2, 0.25) is 0 Å². The van der Waals surface area contributed by atoms with Crippen molar-refractivity contribution in [2.75, 3.05) is 27.3 Å². The summed E-state index contributed by atoms with van der Waals surface area (Å²) < 4.78 is 5.01. The van der Waals surface area contributed by atoms with Gasteiger partial charge in [-0.3, -0.25) is 4.90 Å². The van der Waals surface area contributed by atoms with E-state index in [9.17, 15) is 5.11 Å². The predicted molar refractivity (Wildman–Crippen MR) is 77.3 cm³/mol. The van der Waals surface area contributed by atoms with Gasteiger partial charge in [-0.15, -0.1) is 0 Å².